The SMILES string of the molecule is CC1CCN(C(=O)CC(c2cccs2)N2Cc3ccccc3C2=O)CC1. The number of fused-ring (bicyclic) bond motifs is 1. The van der Waals surface area contributed by atoms with Crippen LogP contribution in [-0.4, -0.2) is 34.7 Å². The summed E-state index contributed by atoms with van der Waals surface area (Å²) in [6, 6.07) is 11.6. The third-order valence-corrected chi connectivity index (χ3v) is 6.58. The standard InChI is InChI=1S/C21H24N2O2S/c1-15-8-10-22(11-9-15)20(24)13-18(19-7-4-12-26-19)23-14-16-5-2-3-6-17(16)21(23)25/h2-7,12,15,18H,8-11,13-14H2,1H3. The lowest BCUT2D eigenvalue weighted by molar-refractivity contribution is -0.133. The zero-order valence-corrected chi connectivity index (χ0v) is 15.9. The van der Waals surface area contributed by atoms with Gasteiger partial charge in [0.1, 0.15) is 0 Å². The second-order valence-corrected chi connectivity index (χ2v) is 8.37. The molecule has 3 heterocycles. The second kappa shape index (κ2) is 7.23. The first-order valence-electron chi connectivity index (χ1n) is 9.33. The summed E-state index contributed by atoms with van der Waals surface area (Å²) >= 11 is 1.62. The first-order chi connectivity index (χ1) is 12.6. The first kappa shape index (κ1) is 17.3. The highest BCUT2D eigenvalue weighted by atomic mass is 32.1. The number of likely N-dealkylation sites (tertiary alicyclic amines) is 1. The maximum atomic E-state index is 12.9. The number of carbonyl (C=O) groups is 2. The summed E-state index contributed by atoms with van der Waals surface area (Å²) in [6.45, 7) is 4.51. The maximum Gasteiger partial charge on any atom is 0.255 e. The van der Waals surface area contributed by atoms with Crippen molar-refractivity contribution in [1.29, 1.82) is 0 Å². The molecule has 4 nitrogen and oxygen atoms in total. The lowest BCUT2D eigenvalue weighted by Gasteiger charge is -2.33. The number of benzene rings is 1. The van der Waals surface area contributed by atoms with Crippen molar-refractivity contribution >= 4 is 23.2 Å². The summed E-state index contributed by atoms with van der Waals surface area (Å²) in [5, 5.41) is 2.02. The van der Waals surface area contributed by atoms with E-state index in [0.29, 0.717) is 18.9 Å². The molecule has 0 aliphatic carbocycles. The highest BCUT2D eigenvalue weighted by molar-refractivity contribution is 7.10. The second-order valence-electron chi connectivity index (χ2n) is 7.39. The molecule has 0 radical (unpaired) electrons. The zero-order valence-electron chi connectivity index (χ0n) is 15.1. The van der Waals surface area contributed by atoms with Crippen molar-refractivity contribution in [3.8, 4) is 0 Å². The summed E-state index contributed by atoms with van der Waals surface area (Å²) in [6.07, 6.45) is 2.52. The van der Waals surface area contributed by atoms with Gasteiger partial charge < -0.3 is 9.80 Å². The van der Waals surface area contributed by atoms with Crippen LogP contribution < -0.4 is 0 Å². The fourth-order valence-electron chi connectivity index (χ4n) is 3.93. The molecule has 1 aromatic carbocycles. The highest BCUT2D eigenvalue weighted by Crippen LogP contribution is 2.36. The number of hydrogen-bond acceptors (Lipinski definition) is 3. The average molecular weight is 369 g/mol. The molecular formula is C21H24N2O2S. The summed E-state index contributed by atoms with van der Waals surface area (Å²) < 4.78 is 0. The molecule has 2 aromatic rings. The number of carbonyl (C=O) groups excluding carboxylic acids is 2. The van der Waals surface area contributed by atoms with E-state index in [2.05, 4.69) is 6.92 Å². The molecule has 0 spiro atoms. The molecule has 0 saturated carbocycles. The molecule has 1 aromatic heterocycles. The number of nitrogens with zero attached hydrogens (tertiary/aromatic N) is 2. The number of thiophene rings is 1. The lowest BCUT2D eigenvalue weighted by atomic mass is 9.98. The van der Waals surface area contributed by atoms with Crippen molar-refractivity contribution in [2.45, 2.75) is 38.8 Å². The van der Waals surface area contributed by atoms with Gasteiger partial charge in [0.2, 0.25) is 5.91 Å². The average Bonchev–Trinajstić information content (AvgIpc) is 3.29. The van der Waals surface area contributed by atoms with E-state index in [9.17, 15) is 9.59 Å². The first-order valence-corrected chi connectivity index (χ1v) is 10.2. The largest absolute Gasteiger partial charge is 0.343 e. The third-order valence-electron chi connectivity index (χ3n) is 5.60. The van der Waals surface area contributed by atoms with Gasteiger partial charge in [-0.1, -0.05) is 31.2 Å². The van der Waals surface area contributed by atoms with E-state index in [-0.39, 0.29) is 17.9 Å². The molecule has 0 N–H and O–H groups in total. The van der Waals surface area contributed by atoms with Gasteiger partial charge in [0, 0.05) is 30.1 Å². The Morgan fingerprint density at radius 1 is 1.19 bits per heavy atom. The topological polar surface area (TPSA) is 40.6 Å². The van der Waals surface area contributed by atoms with Crippen molar-refractivity contribution in [1.82, 2.24) is 9.80 Å². The van der Waals surface area contributed by atoms with Crippen LogP contribution in [0, 0.1) is 5.92 Å². The van der Waals surface area contributed by atoms with Gasteiger partial charge in [0.15, 0.2) is 0 Å². The van der Waals surface area contributed by atoms with Crippen LogP contribution >= 0.6 is 11.3 Å². The minimum atomic E-state index is -0.179. The van der Waals surface area contributed by atoms with Crippen molar-refractivity contribution in [3.63, 3.8) is 0 Å². The molecule has 1 unspecified atom stereocenters. The Balaban J connectivity index is 1.55. The van der Waals surface area contributed by atoms with Gasteiger partial charge in [-0.2, -0.15) is 0 Å². The van der Waals surface area contributed by atoms with Gasteiger partial charge in [-0.15, -0.1) is 11.3 Å². The number of piperidine rings is 1. The Morgan fingerprint density at radius 2 is 1.96 bits per heavy atom. The number of rotatable bonds is 4. The normalized spacial score (nSPS) is 18.9. The van der Waals surface area contributed by atoms with Crippen molar-refractivity contribution in [3.05, 3.63) is 57.8 Å². The van der Waals surface area contributed by atoms with Crippen LogP contribution in [0.25, 0.3) is 0 Å². The molecule has 2 amide bonds. The lowest BCUT2D eigenvalue weighted by Crippen LogP contribution is -2.40. The van der Waals surface area contributed by atoms with E-state index in [4.69, 9.17) is 0 Å². The quantitative estimate of drug-likeness (QED) is 0.815. The molecule has 5 heteroatoms. The van der Waals surface area contributed by atoms with Crippen LogP contribution in [0.5, 0.6) is 0 Å². The third kappa shape index (κ3) is 3.28. The molecule has 2 aliphatic rings. The monoisotopic (exact) mass is 368 g/mol. The minimum Gasteiger partial charge on any atom is -0.343 e. The zero-order chi connectivity index (χ0) is 18.1. The summed E-state index contributed by atoms with van der Waals surface area (Å²) in [5.41, 5.74) is 1.83. The minimum absolute atomic E-state index is 0.0408. The highest BCUT2D eigenvalue weighted by Gasteiger charge is 2.36. The van der Waals surface area contributed by atoms with E-state index >= 15 is 0 Å². The van der Waals surface area contributed by atoms with Crippen LogP contribution in [0.2, 0.25) is 0 Å². The predicted molar refractivity (Wildman–Crippen MR) is 103 cm³/mol. The molecule has 2 aliphatic heterocycles. The van der Waals surface area contributed by atoms with Crippen LogP contribution in [0.1, 0.15) is 53.0 Å². The van der Waals surface area contributed by atoms with E-state index < -0.39 is 0 Å². The maximum absolute atomic E-state index is 12.9. The van der Waals surface area contributed by atoms with Crippen LogP contribution in [0.3, 0.4) is 0 Å². The Bertz CT molecular complexity index is 794. The molecule has 1 atom stereocenters. The Labute approximate surface area is 158 Å². The van der Waals surface area contributed by atoms with Gasteiger partial charge in [-0.3, -0.25) is 9.59 Å². The Hall–Kier alpha value is -2.14. The van der Waals surface area contributed by atoms with Crippen molar-refractivity contribution < 1.29 is 9.59 Å². The van der Waals surface area contributed by atoms with Gasteiger partial charge in [-0.05, 0) is 41.8 Å². The molecule has 4 rings (SSSR count). The van der Waals surface area contributed by atoms with Gasteiger partial charge >= 0.3 is 0 Å². The molecule has 136 valence electrons. The van der Waals surface area contributed by atoms with E-state index in [1.807, 2.05) is 51.6 Å². The molecule has 0 bridgehead atoms. The van der Waals surface area contributed by atoms with E-state index in [1.54, 1.807) is 11.3 Å². The van der Waals surface area contributed by atoms with E-state index in [0.717, 1.165) is 41.9 Å². The van der Waals surface area contributed by atoms with Gasteiger partial charge in [-0.25, -0.2) is 0 Å². The molecule has 1 saturated heterocycles. The predicted octanol–water partition coefficient (Wildman–Crippen LogP) is 4.09. The summed E-state index contributed by atoms with van der Waals surface area (Å²) in [7, 11) is 0. The van der Waals surface area contributed by atoms with Crippen LogP contribution in [0.4, 0.5) is 0 Å². The van der Waals surface area contributed by atoms with Crippen molar-refractivity contribution in [2.75, 3.05) is 13.1 Å². The molecule has 26 heavy (non-hydrogen) atoms. The van der Waals surface area contributed by atoms with Crippen LogP contribution in [0.15, 0.2) is 41.8 Å². The summed E-state index contributed by atoms with van der Waals surface area (Å²) in [4.78, 5) is 30.8. The molecule has 1 fully saturated rings. The van der Waals surface area contributed by atoms with Crippen molar-refractivity contribution in [2.24, 2.45) is 5.92 Å². The van der Waals surface area contributed by atoms with E-state index in [1.165, 1.54) is 0 Å². The Morgan fingerprint density at radius 3 is 2.65 bits per heavy atom. The van der Waals surface area contributed by atoms with Gasteiger partial charge in [0.05, 0.1) is 12.5 Å². The fourth-order valence-corrected chi connectivity index (χ4v) is 4.77. The number of amides is 2. The fraction of sp³-hybridized carbons (Fsp3) is 0.429. The smallest absolute Gasteiger partial charge is 0.255 e. The number of hydrogen-bond donors (Lipinski definition) is 0. The van der Waals surface area contributed by atoms with Crippen LogP contribution in [-0.2, 0) is 11.3 Å². The Kier molecular flexibility index (Phi) is 4.81. The van der Waals surface area contributed by atoms with Gasteiger partial charge in [0.25, 0.3) is 5.91 Å². The summed E-state index contributed by atoms with van der Waals surface area (Å²) in [5.74, 6) is 0.903. The molecular weight excluding hydrogens is 344 g/mol.